The number of phenolic OH excluding ortho intramolecular Hbond substituents is 1. The van der Waals surface area contributed by atoms with Crippen LogP contribution in [0.2, 0.25) is 5.02 Å². The van der Waals surface area contributed by atoms with Gasteiger partial charge in [0, 0.05) is 21.5 Å². The van der Waals surface area contributed by atoms with Crippen molar-refractivity contribution in [3.05, 3.63) is 59.1 Å². The topological polar surface area (TPSA) is 20.2 Å². The molecule has 0 spiro atoms. The Kier molecular flexibility index (Phi) is 3.97. The van der Waals surface area contributed by atoms with E-state index in [1.807, 2.05) is 24.3 Å². The van der Waals surface area contributed by atoms with Crippen LogP contribution in [0.3, 0.4) is 0 Å². The van der Waals surface area contributed by atoms with Gasteiger partial charge in [-0.25, -0.2) is 0 Å². The number of hydrogen-bond donors (Lipinski definition) is 1. The van der Waals surface area contributed by atoms with Gasteiger partial charge in [-0.1, -0.05) is 23.7 Å². The molecule has 2 rings (SSSR count). The number of rotatable bonds is 3. The summed E-state index contributed by atoms with van der Waals surface area (Å²) < 4.78 is 0. The van der Waals surface area contributed by atoms with Gasteiger partial charge in [0.15, 0.2) is 4.90 Å². The van der Waals surface area contributed by atoms with E-state index >= 15 is 0 Å². The summed E-state index contributed by atoms with van der Waals surface area (Å²) in [5.74, 6) is 1.32. The number of phenols is 1. The first kappa shape index (κ1) is 12.3. The lowest BCUT2D eigenvalue weighted by molar-refractivity contribution is 0.475. The Morgan fingerprint density at radius 1 is 1.00 bits per heavy atom. The smallest absolute Gasteiger partial charge is 0.155 e. The van der Waals surface area contributed by atoms with Crippen molar-refractivity contribution >= 4 is 22.5 Å². The van der Waals surface area contributed by atoms with Gasteiger partial charge in [-0.05, 0) is 36.4 Å². The summed E-state index contributed by atoms with van der Waals surface area (Å²) in [5, 5.41) is 10.0. The Bertz CT molecular complexity index is 479. The standard InChI is InChI=1S/C14H13ClOS/c1-17(14-8-6-13(16)7-9-14)10-11-2-4-12(15)5-3-11/h2-9H,10H2,1H3/p+1. The van der Waals surface area contributed by atoms with E-state index in [-0.39, 0.29) is 10.9 Å². The van der Waals surface area contributed by atoms with Gasteiger partial charge in [0.2, 0.25) is 0 Å². The van der Waals surface area contributed by atoms with Gasteiger partial charge in [-0.15, -0.1) is 0 Å². The number of benzene rings is 2. The van der Waals surface area contributed by atoms with Crippen molar-refractivity contribution in [1.82, 2.24) is 0 Å². The van der Waals surface area contributed by atoms with E-state index in [0.29, 0.717) is 5.75 Å². The van der Waals surface area contributed by atoms with Crippen LogP contribution in [0.5, 0.6) is 5.75 Å². The minimum atomic E-state index is 0.147. The van der Waals surface area contributed by atoms with E-state index < -0.39 is 0 Å². The highest BCUT2D eigenvalue weighted by atomic mass is 35.5. The molecular formula is C14H14ClOS+. The maximum atomic E-state index is 9.25. The Morgan fingerprint density at radius 2 is 1.59 bits per heavy atom. The van der Waals surface area contributed by atoms with E-state index in [1.165, 1.54) is 10.5 Å². The van der Waals surface area contributed by atoms with E-state index in [4.69, 9.17) is 11.6 Å². The third kappa shape index (κ3) is 3.42. The molecule has 0 aliphatic carbocycles. The van der Waals surface area contributed by atoms with Gasteiger partial charge in [-0.2, -0.15) is 0 Å². The van der Waals surface area contributed by atoms with Crippen LogP contribution >= 0.6 is 11.6 Å². The van der Waals surface area contributed by atoms with E-state index in [9.17, 15) is 5.11 Å². The summed E-state index contributed by atoms with van der Waals surface area (Å²) in [5.41, 5.74) is 1.29. The molecule has 3 heteroatoms. The zero-order valence-electron chi connectivity index (χ0n) is 9.56. The first-order valence-corrected chi connectivity index (χ1v) is 7.49. The second-order valence-electron chi connectivity index (χ2n) is 3.90. The summed E-state index contributed by atoms with van der Waals surface area (Å²) in [6.07, 6.45) is 2.21. The fourth-order valence-electron chi connectivity index (χ4n) is 1.59. The van der Waals surface area contributed by atoms with Crippen LogP contribution in [0.1, 0.15) is 5.56 Å². The average molecular weight is 266 g/mol. The third-order valence-corrected chi connectivity index (χ3v) is 4.63. The highest BCUT2D eigenvalue weighted by molar-refractivity contribution is 7.95. The molecule has 0 fully saturated rings. The molecule has 1 atom stereocenters. The molecule has 0 saturated carbocycles. The van der Waals surface area contributed by atoms with Crippen LogP contribution in [0, 0.1) is 0 Å². The average Bonchev–Trinajstić information content (AvgIpc) is 2.33. The molecule has 0 saturated heterocycles. The maximum absolute atomic E-state index is 9.25. The van der Waals surface area contributed by atoms with Crippen LogP contribution in [0.25, 0.3) is 0 Å². The summed E-state index contributed by atoms with van der Waals surface area (Å²) in [7, 11) is 0.147. The number of hydrogen-bond acceptors (Lipinski definition) is 1. The first-order chi connectivity index (χ1) is 8.15. The van der Waals surface area contributed by atoms with E-state index in [1.54, 1.807) is 12.1 Å². The summed E-state index contributed by atoms with van der Waals surface area (Å²) in [6, 6.07) is 15.4. The molecule has 1 N–H and O–H groups in total. The Morgan fingerprint density at radius 3 is 2.18 bits per heavy atom. The molecule has 0 aliphatic rings. The molecule has 88 valence electrons. The summed E-state index contributed by atoms with van der Waals surface area (Å²) in [6.45, 7) is 0. The zero-order valence-corrected chi connectivity index (χ0v) is 11.1. The second kappa shape index (κ2) is 5.48. The lowest BCUT2D eigenvalue weighted by Crippen LogP contribution is -2.03. The van der Waals surface area contributed by atoms with Crippen molar-refractivity contribution in [1.29, 1.82) is 0 Å². The maximum Gasteiger partial charge on any atom is 0.155 e. The van der Waals surface area contributed by atoms with Gasteiger partial charge in [0.1, 0.15) is 17.8 Å². The van der Waals surface area contributed by atoms with Crippen LogP contribution < -0.4 is 0 Å². The molecule has 0 heterocycles. The van der Waals surface area contributed by atoms with Gasteiger partial charge in [0.25, 0.3) is 0 Å². The van der Waals surface area contributed by atoms with Gasteiger partial charge < -0.3 is 5.11 Å². The molecule has 1 unspecified atom stereocenters. The number of aromatic hydroxyl groups is 1. The predicted molar refractivity (Wildman–Crippen MR) is 74.8 cm³/mol. The van der Waals surface area contributed by atoms with Crippen molar-refractivity contribution in [2.75, 3.05) is 6.26 Å². The Labute approximate surface area is 109 Å². The number of halogens is 1. The van der Waals surface area contributed by atoms with Crippen molar-refractivity contribution in [3.63, 3.8) is 0 Å². The van der Waals surface area contributed by atoms with Gasteiger partial charge in [-0.3, -0.25) is 0 Å². The molecule has 2 aromatic rings. The second-order valence-corrected chi connectivity index (χ2v) is 6.37. The molecule has 0 amide bonds. The monoisotopic (exact) mass is 265 g/mol. The van der Waals surface area contributed by atoms with E-state index in [0.717, 1.165) is 10.8 Å². The fourth-order valence-corrected chi connectivity index (χ4v) is 3.18. The molecule has 1 nitrogen and oxygen atoms in total. The van der Waals surface area contributed by atoms with Crippen molar-refractivity contribution < 1.29 is 5.11 Å². The molecule has 0 aliphatic heterocycles. The molecule has 0 aromatic heterocycles. The van der Waals surface area contributed by atoms with Gasteiger partial charge in [0.05, 0.1) is 0 Å². The Hall–Kier alpha value is -1.12. The van der Waals surface area contributed by atoms with Crippen LogP contribution in [0.4, 0.5) is 0 Å². The fraction of sp³-hybridized carbons (Fsp3) is 0.143. The molecule has 0 bridgehead atoms. The molecule has 17 heavy (non-hydrogen) atoms. The van der Waals surface area contributed by atoms with Crippen molar-refractivity contribution in [2.45, 2.75) is 10.6 Å². The SMILES string of the molecule is C[S+](Cc1ccc(Cl)cc1)c1ccc(O)cc1. The lowest BCUT2D eigenvalue weighted by Gasteiger charge is -2.03. The highest BCUT2D eigenvalue weighted by Gasteiger charge is 2.15. The minimum Gasteiger partial charge on any atom is -0.508 e. The van der Waals surface area contributed by atoms with Crippen LogP contribution in [-0.2, 0) is 16.6 Å². The quantitative estimate of drug-likeness (QED) is 0.836. The molecular weight excluding hydrogens is 252 g/mol. The summed E-state index contributed by atoms with van der Waals surface area (Å²) in [4.78, 5) is 1.26. The van der Waals surface area contributed by atoms with E-state index in [2.05, 4.69) is 18.4 Å². The molecule has 0 radical (unpaired) electrons. The minimum absolute atomic E-state index is 0.147. The Balaban J connectivity index is 2.08. The van der Waals surface area contributed by atoms with Crippen molar-refractivity contribution in [2.24, 2.45) is 0 Å². The van der Waals surface area contributed by atoms with Crippen molar-refractivity contribution in [3.8, 4) is 5.75 Å². The van der Waals surface area contributed by atoms with Gasteiger partial charge >= 0.3 is 0 Å². The van der Waals surface area contributed by atoms with Crippen LogP contribution in [-0.4, -0.2) is 11.4 Å². The zero-order chi connectivity index (χ0) is 12.3. The first-order valence-electron chi connectivity index (χ1n) is 5.31. The normalized spacial score (nSPS) is 12.4. The largest absolute Gasteiger partial charge is 0.508 e. The third-order valence-electron chi connectivity index (χ3n) is 2.54. The predicted octanol–water partition coefficient (Wildman–Crippen LogP) is 3.85. The lowest BCUT2D eigenvalue weighted by atomic mass is 10.2. The summed E-state index contributed by atoms with van der Waals surface area (Å²) >= 11 is 5.86. The molecule has 2 aromatic carbocycles. The van der Waals surface area contributed by atoms with Crippen LogP contribution in [0.15, 0.2) is 53.4 Å². The highest BCUT2D eigenvalue weighted by Crippen LogP contribution is 2.20.